The van der Waals surface area contributed by atoms with Crippen molar-refractivity contribution in [3.8, 4) is 0 Å². The lowest BCUT2D eigenvalue weighted by Crippen LogP contribution is -2.47. The van der Waals surface area contributed by atoms with Crippen molar-refractivity contribution in [3.05, 3.63) is 12.2 Å². The number of ketones is 1. The van der Waals surface area contributed by atoms with Crippen LogP contribution in [0.3, 0.4) is 0 Å². The Bertz CT molecular complexity index is 290. The number of hydrogen-bond donors (Lipinski definition) is 4. The molecule has 0 bridgehead atoms. The van der Waals surface area contributed by atoms with Gasteiger partial charge in [0, 0.05) is 31.1 Å². The molecule has 17 heavy (non-hydrogen) atoms. The third-order valence-corrected chi connectivity index (χ3v) is 2.14. The highest BCUT2D eigenvalue weighted by Gasteiger charge is 2.18. The molecule has 0 aromatic carbocycles. The summed E-state index contributed by atoms with van der Waals surface area (Å²) in [6.07, 6.45) is 2.75. The summed E-state index contributed by atoms with van der Waals surface area (Å²) in [4.78, 5) is 22.0. The number of carbonyl (C=O) groups is 2. The van der Waals surface area contributed by atoms with Crippen LogP contribution < -0.4 is 16.8 Å². The van der Waals surface area contributed by atoms with Crippen LogP contribution in [-0.4, -0.2) is 41.5 Å². The van der Waals surface area contributed by atoms with Gasteiger partial charge in [0.2, 0.25) is 0 Å². The number of aliphatic carboxylic acids is 1. The molecule has 0 aromatic rings. The molecule has 6 nitrogen and oxygen atoms in total. The first kappa shape index (κ1) is 15.8. The number of rotatable bonds is 8. The van der Waals surface area contributed by atoms with Gasteiger partial charge in [-0.15, -0.1) is 0 Å². The fourth-order valence-electron chi connectivity index (χ4n) is 1.35. The molecular formula is C11H21N3O3. The molecule has 3 atom stereocenters. The van der Waals surface area contributed by atoms with E-state index in [9.17, 15) is 9.59 Å². The van der Waals surface area contributed by atoms with Crippen LogP contribution in [0.15, 0.2) is 12.2 Å². The predicted molar refractivity (Wildman–Crippen MR) is 65.5 cm³/mol. The number of carbonyl (C=O) groups excluding carboxylic acids is 1. The summed E-state index contributed by atoms with van der Waals surface area (Å²) in [6.45, 7) is 3.66. The van der Waals surface area contributed by atoms with Crippen LogP contribution in [0.2, 0.25) is 0 Å². The minimum absolute atomic E-state index is 0.0573. The quantitative estimate of drug-likeness (QED) is 0.416. The van der Waals surface area contributed by atoms with Gasteiger partial charge < -0.3 is 21.9 Å². The number of hydrogen-bond acceptors (Lipinski definition) is 5. The highest BCUT2D eigenvalue weighted by atomic mass is 16.4. The van der Waals surface area contributed by atoms with Gasteiger partial charge in [0.25, 0.3) is 0 Å². The molecule has 0 aliphatic rings. The van der Waals surface area contributed by atoms with Crippen molar-refractivity contribution in [3.63, 3.8) is 0 Å². The standard InChI is InChI=1S/C11H21N3O3/c1-7(13)5-10(15)9(6-12)14-8(2)3-4-11(16)17/h3-4,7-9,14H,5-6,12-13H2,1-2H3,(H,16,17)/b4-3+/t7?,8-,9?/m0/s1. The lowest BCUT2D eigenvalue weighted by molar-refractivity contribution is -0.131. The molecule has 0 heterocycles. The average Bonchev–Trinajstić information content (AvgIpc) is 2.21. The van der Waals surface area contributed by atoms with Gasteiger partial charge >= 0.3 is 5.97 Å². The SMILES string of the molecule is CC(N)CC(=O)C(CN)N[C@@H](C)/C=C/C(=O)O. The minimum Gasteiger partial charge on any atom is -0.478 e. The molecule has 0 aliphatic heterocycles. The van der Waals surface area contributed by atoms with E-state index >= 15 is 0 Å². The zero-order valence-corrected chi connectivity index (χ0v) is 10.2. The van der Waals surface area contributed by atoms with Crippen molar-refractivity contribution in [2.75, 3.05) is 6.54 Å². The maximum atomic E-state index is 11.7. The molecule has 0 aliphatic carbocycles. The largest absolute Gasteiger partial charge is 0.478 e. The van der Waals surface area contributed by atoms with Crippen LogP contribution in [0.1, 0.15) is 20.3 Å². The molecular weight excluding hydrogens is 222 g/mol. The van der Waals surface area contributed by atoms with Crippen molar-refractivity contribution in [2.45, 2.75) is 38.4 Å². The van der Waals surface area contributed by atoms with E-state index in [0.717, 1.165) is 6.08 Å². The van der Waals surface area contributed by atoms with Gasteiger partial charge in [0.05, 0.1) is 6.04 Å². The molecule has 98 valence electrons. The Hall–Kier alpha value is -1.24. The van der Waals surface area contributed by atoms with E-state index in [1.165, 1.54) is 6.08 Å². The van der Waals surface area contributed by atoms with E-state index in [1.54, 1.807) is 13.8 Å². The third-order valence-electron chi connectivity index (χ3n) is 2.14. The van der Waals surface area contributed by atoms with E-state index in [4.69, 9.17) is 16.6 Å². The number of nitrogens with two attached hydrogens (primary N) is 2. The van der Waals surface area contributed by atoms with Gasteiger partial charge in [-0.25, -0.2) is 4.79 Å². The maximum absolute atomic E-state index is 11.7. The molecule has 0 aromatic heterocycles. The molecule has 6 heteroatoms. The second-order valence-corrected chi connectivity index (χ2v) is 4.09. The Morgan fingerprint density at radius 3 is 2.41 bits per heavy atom. The van der Waals surface area contributed by atoms with Gasteiger partial charge in [-0.3, -0.25) is 4.79 Å². The predicted octanol–water partition coefficient (Wildman–Crippen LogP) is -0.761. The van der Waals surface area contributed by atoms with E-state index in [1.807, 2.05) is 0 Å². The van der Waals surface area contributed by atoms with Crippen LogP contribution in [0.4, 0.5) is 0 Å². The number of Topliss-reactive ketones (excluding diaryl/α,β-unsaturated/α-hetero) is 1. The van der Waals surface area contributed by atoms with Crippen molar-refractivity contribution >= 4 is 11.8 Å². The highest BCUT2D eigenvalue weighted by Crippen LogP contribution is 1.97. The Balaban J connectivity index is 4.29. The monoisotopic (exact) mass is 243 g/mol. The van der Waals surface area contributed by atoms with Crippen LogP contribution >= 0.6 is 0 Å². The Morgan fingerprint density at radius 1 is 1.41 bits per heavy atom. The molecule has 0 spiro atoms. The van der Waals surface area contributed by atoms with Gasteiger partial charge in [-0.2, -0.15) is 0 Å². The summed E-state index contributed by atoms with van der Waals surface area (Å²) in [6, 6.07) is -0.936. The zero-order chi connectivity index (χ0) is 13.4. The lowest BCUT2D eigenvalue weighted by atomic mass is 10.1. The molecule has 0 radical (unpaired) electrons. The Labute approximate surface area is 101 Å². The Morgan fingerprint density at radius 2 is 2.00 bits per heavy atom. The zero-order valence-electron chi connectivity index (χ0n) is 10.2. The maximum Gasteiger partial charge on any atom is 0.328 e. The molecule has 2 unspecified atom stereocenters. The first-order valence-corrected chi connectivity index (χ1v) is 5.52. The molecule has 0 saturated heterocycles. The summed E-state index contributed by atoms with van der Waals surface area (Å²) in [7, 11) is 0. The van der Waals surface area contributed by atoms with Crippen LogP contribution in [-0.2, 0) is 9.59 Å². The topological polar surface area (TPSA) is 118 Å². The van der Waals surface area contributed by atoms with Crippen molar-refractivity contribution in [1.29, 1.82) is 0 Å². The number of nitrogens with one attached hydrogen (secondary N) is 1. The third kappa shape index (κ3) is 7.62. The summed E-state index contributed by atoms with van der Waals surface area (Å²) < 4.78 is 0. The lowest BCUT2D eigenvalue weighted by Gasteiger charge is -2.19. The van der Waals surface area contributed by atoms with Gasteiger partial charge in [-0.05, 0) is 13.8 Å². The van der Waals surface area contributed by atoms with E-state index in [2.05, 4.69) is 5.32 Å². The van der Waals surface area contributed by atoms with Crippen molar-refractivity contribution < 1.29 is 14.7 Å². The molecule has 0 fully saturated rings. The molecule has 0 saturated carbocycles. The highest BCUT2D eigenvalue weighted by molar-refractivity contribution is 5.85. The average molecular weight is 243 g/mol. The summed E-state index contributed by atoms with van der Waals surface area (Å²) >= 11 is 0. The first-order valence-electron chi connectivity index (χ1n) is 5.52. The number of carboxylic acids is 1. The summed E-state index contributed by atoms with van der Waals surface area (Å²) in [5, 5.41) is 11.4. The van der Waals surface area contributed by atoms with Crippen molar-refractivity contribution in [2.24, 2.45) is 11.5 Å². The van der Waals surface area contributed by atoms with Crippen LogP contribution in [0, 0.1) is 0 Å². The van der Waals surface area contributed by atoms with Crippen molar-refractivity contribution in [1.82, 2.24) is 5.32 Å². The van der Waals surface area contributed by atoms with E-state index in [-0.39, 0.29) is 30.8 Å². The smallest absolute Gasteiger partial charge is 0.328 e. The second-order valence-electron chi connectivity index (χ2n) is 4.09. The normalized spacial score (nSPS) is 16.7. The van der Waals surface area contributed by atoms with Crippen LogP contribution in [0.25, 0.3) is 0 Å². The number of carboxylic acid groups (broad SMARTS) is 1. The van der Waals surface area contributed by atoms with E-state index < -0.39 is 12.0 Å². The second kappa shape index (κ2) is 7.94. The van der Waals surface area contributed by atoms with E-state index in [0.29, 0.717) is 0 Å². The first-order chi connectivity index (χ1) is 7.86. The molecule has 0 rings (SSSR count). The summed E-state index contributed by atoms with van der Waals surface area (Å²) in [5.74, 6) is -1.08. The van der Waals surface area contributed by atoms with Gasteiger partial charge in [0.1, 0.15) is 0 Å². The molecule has 0 amide bonds. The van der Waals surface area contributed by atoms with Gasteiger partial charge in [-0.1, -0.05) is 6.08 Å². The fourth-order valence-corrected chi connectivity index (χ4v) is 1.35. The Kier molecular flexibility index (Phi) is 7.36. The summed E-state index contributed by atoms with van der Waals surface area (Å²) in [5.41, 5.74) is 11.0. The van der Waals surface area contributed by atoms with Gasteiger partial charge in [0.15, 0.2) is 5.78 Å². The molecule has 6 N–H and O–H groups in total. The van der Waals surface area contributed by atoms with Crippen LogP contribution in [0.5, 0.6) is 0 Å². The fraction of sp³-hybridized carbons (Fsp3) is 0.636. The minimum atomic E-state index is -1.02.